The summed E-state index contributed by atoms with van der Waals surface area (Å²) in [5.74, 6) is -0.855. The summed E-state index contributed by atoms with van der Waals surface area (Å²) < 4.78 is 44.2. The molecular formula is C20H23FN5O6P. The summed E-state index contributed by atoms with van der Waals surface area (Å²) in [4.78, 5) is 34.0. The number of aromatic amines is 1. The van der Waals surface area contributed by atoms with Crippen molar-refractivity contribution in [3.05, 3.63) is 65.0 Å². The summed E-state index contributed by atoms with van der Waals surface area (Å²) in [6, 6.07) is 5.60. The molecule has 0 aliphatic rings. The van der Waals surface area contributed by atoms with Gasteiger partial charge in [0.25, 0.3) is 5.56 Å². The maximum atomic E-state index is 13.4. The summed E-state index contributed by atoms with van der Waals surface area (Å²) in [5.41, 5.74) is 5.94. The molecule has 11 nitrogen and oxygen atoms in total. The van der Waals surface area contributed by atoms with Gasteiger partial charge < -0.3 is 19.6 Å². The zero-order chi connectivity index (χ0) is 23.8. The molecule has 33 heavy (non-hydrogen) atoms. The van der Waals surface area contributed by atoms with E-state index in [9.17, 15) is 18.5 Å². The molecule has 0 spiro atoms. The van der Waals surface area contributed by atoms with Gasteiger partial charge in [0, 0.05) is 13.0 Å². The molecule has 3 aromatic rings. The maximum Gasteiger partial charge on any atom is 0.356 e. The molecule has 1 atom stereocenters. The average Bonchev–Trinajstić information content (AvgIpc) is 3.17. The van der Waals surface area contributed by atoms with E-state index in [1.54, 1.807) is 10.6 Å². The van der Waals surface area contributed by atoms with Gasteiger partial charge in [-0.2, -0.15) is 4.98 Å². The van der Waals surface area contributed by atoms with Gasteiger partial charge in [0.1, 0.15) is 18.8 Å². The van der Waals surface area contributed by atoms with Crippen LogP contribution in [-0.2, 0) is 36.3 Å². The Bertz CT molecular complexity index is 1240. The number of benzene rings is 1. The first-order chi connectivity index (χ1) is 15.8. The molecule has 1 unspecified atom stereocenters. The number of carbonyl (C=O) groups is 1. The van der Waals surface area contributed by atoms with Crippen LogP contribution in [0.2, 0.25) is 0 Å². The lowest BCUT2D eigenvalue weighted by Crippen LogP contribution is -2.14. The van der Waals surface area contributed by atoms with Crippen LogP contribution >= 0.6 is 7.60 Å². The van der Waals surface area contributed by atoms with E-state index in [1.807, 2.05) is 0 Å². The first kappa shape index (κ1) is 24.5. The monoisotopic (exact) mass is 479 g/mol. The van der Waals surface area contributed by atoms with E-state index >= 15 is 0 Å². The Labute approximate surface area is 187 Å². The highest BCUT2D eigenvalue weighted by Gasteiger charge is 2.26. The lowest BCUT2D eigenvalue weighted by molar-refractivity contribution is -0.120. The van der Waals surface area contributed by atoms with Gasteiger partial charge in [-0.15, -0.1) is 6.58 Å². The minimum atomic E-state index is -3.86. The van der Waals surface area contributed by atoms with Crippen LogP contribution in [0.3, 0.4) is 0 Å². The molecule has 0 radical (unpaired) electrons. The van der Waals surface area contributed by atoms with Gasteiger partial charge >= 0.3 is 7.60 Å². The summed E-state index contributed by atoms with van der Waals surface area (Å²) in [5, 5.41) is 0. The van der Waals surface area contributed by atoms with Gasteiger partial charge in [0.15, 0.2) is 16.9 Å². The van der Waals surface area contributed by atoms with Crippen molar-refractivity contribution in [2.75, 3.05) is 25.3 Å². The lowest BCUT2D eigenvalue weighted by atomic mass is 10.2. The smallest absolute Gasteiger partial charge is 0.356 e. The van der Waals surface area contributed by atoms with Crippen molar-refractivity contribution in [2.24, 2.45) is 0 Å². The summed E-state index contributed by atoms with van der Waals surface area (Å²) in [6.07, 6.45) is 2.41. The number of carbonyl (C=O) groups excluding carboxylic acids is 1. The molecule has 2 heterocycles. The fourth-order valence-corrected chi connectivity index (χ4v) is 4.04. The molecule has 0 fully saturated rings. The fraction of sp³-hybridized carbons (Fsp3) is 0.300. The van der Waals surface area contributed by atoms with E-state index in [1.165, 1.54) is 30.6 Å². The number of nitrogens with two attached hydrogens (primary N) is 1. The molecule has 176 valence electrons. The number of nitrogens with zero attached hydrogens (tertiary/aromatic N) is 3. The zero-order valence-electron chi connectivity index (χ0n) is 17.6. The molecule has 13 heteroatoms. The van der Waals surface area contributed by atoms with Crippen LogP contribution in [0, 0.1) is 5.82 Å². The van der Waals surface area contributed by atoms with Crippen molar-refractivity contribution in [1.29, 1.82) is 0 Å². The number of fused-ring (bicyclic) bond motifs is 1. The van der Waals surface area contributed by atoms with Crippen LogP contribution < -0.4 is 11.3 Å². The van der Waals surface area contributed by atoms with Gasteiger partial charge in [-0.25, -0.2) is 9.37 Å². The molecule has 0 saturated carbocycles. The number of Topliss-reactive ketones (excluding diaryl/α,β-unsaturated/α-hetero) is 1. The summed E-state index contributed by atoms with van der Waals surface area (Å²) >= 11 is 0. The minimum Gasteiger partial charge on any atom is -0.369 e. The highest BCUT2D eigenvalue weighted by atomic mass is 31.2. The van der Waals surface area contributed by atoms with Crippen LogP contribution in [0.1, 0.15) is 12.0 Å². The van der Waals surface area contributed by atoms with E-state index < -0.39 is 31.9 Å². The fourth-order valence-electron chi connectivity index (χ4n) is 2.78. The maximum absolute atomic E-state index is 13.4. The van der Waals surface area contributed by atoms with Gasteiger partial charge in [-0.1, -0.05) is 18.2 Å². The predicted octanol–water partition coefficient (Wildman–Crippen LogP) is 2.39. The first-order valence-corrected chi connectivity index (χ1v) is 11.6. The Balaban J connectivity index is 1.61. The lowest BCUT2D eigenvalue weighted by Gasteiger charge is -2.18. The van der Waals surface area contributed by atoms with Crippen LogP contribution in [-0.4, -0.2) is 44.9 Å². The molecule has 0 amide bonds. The van der Waals surface area contributed by atoms with Gasteiger partial charge in [-0.3, -0.25) is 23.7 Å². The number of ether oxygens (including phenoxy) is 1. The van der Waals surface area contributed by atoms with E-state index in [-0.39, 0.29) is 49.1 Å². The van der Waals surface area contributed by atoms with Crippen molar-refractivity contribution < 1.29 is 27.5 Å². The summed E-state index contributed by atoms with van der Waals surface area (Å²) in [7, 11) is -3.86. The van der Waals surface area contributed by atoms with Gasteiger partial charge in [0.2, 0.25) is 5.95 Å². The van der Waals surface area contributed by atoms with Crippen molar-refractivity contribution in [2.45, 2.75) is 19.6 Å². The molecule has 0 saturated heterocycles. The van der Waals surface area contributed by atoms with Gasteiger partial charge in [-0.05, 0) is 17.7 Å². The Kier molecular flexibility index (Phi) is 8.23. The molecular weight excluding hydrogens is 456 g/mol. The third-order valence-corrected chi connectivity index (χ3v) is 5.87. The Hall–Kier alpha value is -3.18. The number of anilines is 1. The third-order valence-electron chi connectivity index (χ3n) is 4.33. The first-order valence-electron chi connectivity index (χ1n) is 9.83. The standard InChI is InChI=1S/C20H23FN5O6P/c1-2-4-16(27)11-32-33(29,31-10-14-5-3-6-15(21)9-14)13-30-8-7-26-12-23-17-18(26)24-20(22)25-19(17)28/h2-3,5-6,9,12H,1,4,7-8,10-11,13H2,(H3,22,24,25,28). The summed E-state index contributed by atoms with van der Waals surface area (Å²) in [6.45, 7) is 3.07. The van der Waals surface area contributed by atoms with Crippen LogP contribution in [0.5, 0.6) is 0 Å². The van der Waals surface area contributed by atoms with Crippen LogP contribution in [0.4, 0.5) is 10.3 Å². The molecule has 0 aliphatic heterocycles. The van der Waals surface area contributed by atoms with Gasteiger partial charge in [0.05, 0.1) is 19.5 Å². The second kappa shape index (κ2) is 11.1. The number of nitrogen functional groups attached to an aromatic ring is 1. The molecule has 0 bridgehead atoms. The molecule has 0 aliphatic carbocycles. The molecule has 1 aromatic carbocycles. The molecule has 2 aromatic heterocycles. The minimum absolute atomic E-state index is 0.0388. The number of hydrogen-bond acceptors (Lipinski definition) is 9. The van der Waals surface area contributed by atoms with E-state index in [0.29, 0.717) is 5.56 Å². The van der Waals surface area contributed by atoms with Crippen molar-refractivity contribution in [3.8, 4) is 0 Å². The topological polar surface area (TPSA) is 151 Å². The number of ketones is 1. The Morgan fingerprint density at radius 1 is 1.36 bits per heavy atom. The normalized spacial score (nSPS) is 13.1. The molecule has 3 rings (SSSR count). The van der Waals surface area contributed by atoms with Crippen molar-refractivity contribution in [1.82, 2.24) is 19.5 Å². The SMILES string of the molecule is C=CCC(=O)COP(=O)(COCCn1cnc2c(=O)[nH]c(N)nc21)OCc1cccc(F)c1. The zero-order valence-corrected chi connectivity index (χ0v) is 18.5. The second-order valence-electron chi connectivity index (χ2n) is 6.92. The molecule has 3 N–H and O–H groups in total. The highest BCUT2D eigenvalue weighted by Crippen LogP contribution is 2.49. The average molecular weight is 479 g/mol. The number of aromatic nitrogens is 4. The second-order valence-corrected chi connectivity index (χ2v) is 8.91. The number of rotatable bonds is 13. The van der Waals surface area contributed by atoms with Crippen molar-refractivity contribution in [3.63, 3.8) is 0 Å². The predicted molar refractivity (Wildman–Crippen MR) is 118 cm³/mol. The van der Waals surface area contributed by atoms with E-state index in [0.717, 1.165) is 0 Å². The number of halogens is 1. The number of H-pyrrole nitrogens is 1. The van der Waals surface area contributed by atoms with E-state index in [2.05, 4.69) is 21.5 Å². The van der Waals surface area contributed by atoms with Crippen LogP contribution in [0.25, 0.3) is 11.2 Å². The van der Waals surface area contributed by atoms with Crippen LogP contribution in [0.15, 0.2) is 48.0 Å². The Morgan fingerprint density at radius 3 is 2.94 bits per heavy atom. The third kappa shape index (κ3) is 6.90. The Morgan fingerprint density at radius 2 is 2.18 bits per heavy atom. The quantitative estimate of drug-likeness (QED) is 0.214. The number of allylic oxidation sites excluding steroid dienone is 1. The number of nitrogens with one attached hydrogen (secondary N) is 1. The largest absolute Gasteiger partial charge is 0.369 e. The highest BCUT2D eigenvalue weighted by molar-refractivity contribution is 7.53. The number of imidazole rings is 1. The van der Waals surface area contributed by atoms with E-state index in [4.69, 9.17) is 19.5 Å². The van der Waals surface area contributed by atoms with Crippen molar-refractivity contribution >= 4 is 30.5 Å². The number of hydrogen-bond donors (Lipinski definition) is 2.